The molecule has 2 aromatic rings. The van der Waals surface area contributed by atoms with Gasteiger partial charge in [0, 0.05) is 10.7 Å². The van der Waals surface area contributed by atoms with Gasteiger partial charge in [-0.3, -0.25) is 0 Å². The Morgan fingerprint density at radius 3 is 2.25 bits per heavy atom. The van der Waals surface area contributed by atoms with Gasteiger partial charge in [0.2, 0.25) is 0 Å². The van der Waals surface area contributed by atoms with E-state index in [0.29, 0.717) is 21.1 Å². The van der Waals surface area contributed by atoms with E-state index in [0.717, 1.165) is 6.26 Å². The normalized spacial score (nSPS) is 14.7. The van der Waals surface area contributed by atoms with E-state index >= 15 is 0 Å². The first-order valence-corrected chi connectivity index (χ1v) is 8.91. The highest BCUT2D eigenvalue weighted by atomic mass is 79.9. The monoisotopic (exact) mass is 380 g/mol. The maximum Gasteiger partial charge on any atom is 0.323 e. The summed E-state index contributed by atoms with van der Waals surface area (Å²) in [5, 5.41) is -0.755. The zero-order valence-electron chi connectivity index (χ0n) is 11.1. The molecule has 0 spiro atoms. The molecule has 5 nitrogen and oxygen atoms in total. The van der Waals surface area contributed by atoms with Gasteiger partial charge in [-0.25, -0.2) is 13.2 Å². The number of imidazole rings is 1. The summed E-state index contributed by atoms with van der Waals surface area (Å²) >= 11 is 9.75. The Bertz CT molecular complexity index is 823. The minimum absolute atomic E-state index is 0.322. The van der Waals surface area contributed by atoms with Gasteiger partial charge in [0.15, 0.2) is 9.84 Å². The third kappa shape index (κ3) is 2.54. The second kappa shape index (κ2) is 4.89. The summed E-state index contributed by atoms with van der Waals surface area (Å²) < 4.78 is 23.3. The number of nitrogens with one attached hydrogen (secondary N) is 2. The Labute approximate surface area is 129 Å². The fourth-order valence-electron chi connectivity index (χ4n) is 1.83. The molecule has 0 aliphatic heterocycles. The van der Waals surface area contributed by atoms with E-state index in [1.807, 2.05) is 0 Å². The average Bonchev–Trinajstić information content (AvgIpc) is 2.64. The lowest BCUT2D eigenvalue weighted by atomic mass is 10.0. The van der Waals surface area contributed by atoms with Crippen LogP contribution in [0, 0.1) is 0 Å². The number of benzene rings is 1. The molecule has 1 aromatic carbocycles. The summed E-state index contributed by atoms with van der Waals surface area (Å²) in [6.45, 7) is 3.16. The van der Waals surface area contributed by atoms with Gasteiger partial charge < -0.3 is 9.97 Å². The third-order valence-corrected chi connectivity index (χ3v) is 7.22. The number of hydrogen-bond acceptors (Lipinski definition) is 3. The number of fused-ring (bicyclic) bond motifs is 1. The molecule has 2 rings (SSSR count). The standard InChI is InChI=1S/C12H14BrClN2O3S/c1-12(2,20(3,18)19)10(14)6-4-8-9(5-7(6)13)16-11(17)15-8/h4-5,10H,1-3H3,(H2,15,16,17). The number of aromatic amines is 2. The van der Waals surface area contributed by atoms with Crippen LogP contribution >= 0.6 is 27.5 Å². The summed E-state index contributed by atoms with van der Waals surface area (Å²) in [7, 11) is -3.35. The lowest BCUT2D eigenvalue weighted by molar-refractivity contribution is 0.543. The first kappa shape index (κ1) is 15.6. The van der Waals surface area contributed by atoms with Gasteiger partial charge in [-0.05, 0) is 31.5 Å². The summed E-state index contributed by atoms with van der Waals surface area (Å²) in [6.07, 6.45) is 1.16. The maximum atomic E-state index is 11.9. The summed E-state index contributed by atoms with van der Waals surface area (Å²) in [5.74, 6) is 0. The van der Waals surface area contributed by atoms with Crippen LogP contribution in [0.2, 0.25) is 0 Å². The molecule has 1 unspecified atom stereocenters. The van der Waals surface area contributed by atoms with Crippen molar-refractivity contribution in [3.8, 4) is 0 Å². The molecule has 0 amide bonds. The van der Waals surface area contributed by atoms with E-state index in [-0.39, 0.29) is 5.69 Å². The molecule has 0 saturated heterocycles. The maximum absolute atomic E-state index is 11.9. The first-order valence-electron chi connectivity index (χ1n) is 5.79. The topological polar surface area (TPSA) is 82.8 Å². The molecule has 0 saturated carbocycles. The van der Waals surface area contributed by atoms with Gasteiger partial charge in [-0.15, -0.1) is 11.6 Å². The van der Waals surface area contributed by atoms with Crippen LogP contribution in [0.1, 0.15) is 24.8 Å². The molecule has 1 atom stereocenters. The zero-order chi connectivity index (χ0) is 15.3. The number of aromatic nitrogens is 2. The number of alkyl halides is 1. The number of rotatable bonds is 3. The molecule has 20 heavy (non-hydrogen) atoms. The van der Waals surface area contributed by atoms with Crippen LogP contribution in [0.4, 0.5) is 0 Å². The van der Waals surface area contributed by atoms with Gasteiger partial charge in [-0.1, -0.05) is 15.9 Å². The predicted octanol–water partition coefficient (Wildman–Crippen LogP) is 2.72. The number of halogens is 2. The van der Waals surface area contributed by atoms with Crippen molar-refractivity contribution in [3.05, 3.63) is 32.7 Å². The predicted molar refractivity (Wildman–Crippen MR) is 84.1 cm³/mol. The molecule has 0 aliphatic rings. The highest BCUT2D eigenvalue weighted by Crippen LogP contribution is 2.41. The van der Waals surface area contributed by atoms with Gasteiger partial charge in [0.05, 0.1) is 21.2 Å². The summed E-state index contributed by atoms with van der Waals surface area (Å²) in [6, 6.07) is 3.39. The quantitative estimate of drug-likeness (QED) is 0.802. The fourth-order valence-corrected chi connectivity index (χ4v) is 3.70. The fraction of sp³-hybridized carbons (Fsp3) is 0.417. The molecule has 2 N–H and O–H groups in total. The number of H-pyrrole nitrogens is 2. The van der Waals surface area contributed by atoms with E-state index in [1.54, 1.807) is 26.0 Å². The molecule has 0 fully saturated rings. The van der Waals surface area contributed by atoms with Crippen molar-refractivity contribution in [2.45, 2.75) is 24.0 Å². The highest BCUT2D eigenvalue weighted by Gasteiger charge is 2.39. The van der Waals surface area contributed by atoms with E-state index < -0.39 is 20.0 Å². The highest BCUT2D eigenvalue weighted by molar-refractivity contribution is 9.10. The lowest BCUT2D eigenvalue weighted by Crippen LogP contribution is -2.35. The SMILES string of the molecule is CC(C)(C(Cl)c1cc2[nH]c(=O)[nH]c2cc1Br)S(C)(=O)=O. The van der Waals surface area contributed by atoms with Crippen molar-refractivity contribution in [3.63, 3.8) is 0 Å². The Balaban J connectivity index is 2.63. The second-order valence-corrected chi connectivity index (χ2v) is 9.12. The molecule has 1 heterocycles. The first-order chi connectivity index (χ1) is 9.04. The number of sulfone groups is 1. The lowest BCUT2D eigenvalue weighted by Gasteiger charge is -2.29. The number of hydrogen-bond donors (Lipinski definition) is 2. The molecule has 110 valence electrons. The molecule has 0 radical (unpaired) electrons. The van der Waals surface area contributed by atoms with E-state index in [9.17, 15) is 13.2 Å². The molecular formula is C12H14BrClN2O3S. The molecule has 1 aromatic heterocycles. The van der Waals surface area contributed by atoms with Gasteiger partial charge >= 0.3 is 5.69 Å². The Morgan fingerprint density at radius 1 is 1.25 bits per heavy atom. The molecule has 0 aliphatic carbocycles. The minimum Gasteiger partial charge on any atom is -0.306 e. The average molecular weight is 382 g/mol. The minimum atomic E-state index is -3.35. The van der Waals surface area contributed by atoms with E-state index in [1.165, 1.54) is 0 Å². The van der Waals surface area contributed by atoms with Crippen LogP contribution in [-0.2, 0) is 9.84 Å². The van der Waals surface area contributed by atoms with Crippen LogP contribution in [0.5, 0.6) is 0 Å². The van der Waals surface area contributed by atoms with Crippen molar-refractivity contribution in [1.82, 2.24) is 9.97 Å². The van der Waals surface area contributed by atoms with Crippen LogP contribution in [-0.4, -0.2) is 29.4 Å². The van der Waals surface area contributed by atoms with Crippen molar-refractivity contribution >= 4 is 48.4 Å². The van der Waals surface area contributed by atoms with Gasteiger partial charge in [-0.2, -0.15) is 0 Å². The Hall–Kier alpha value is -0.790. The third-order valence-electron chi connectivity index (χ3n) is 3.47. The Kier molecular flexibility index (Phi) is 3.81. The zero-order valence-corrected chi connectivity index (χ0v) is 14.3. The summed E-state index contributed by atoms with van der Waals surface area (Å²) in [5.41, 5.74) is 1.51. The molecule has 0 bridgehead atoms. The van der Waals surface area contributed by atoms with Crippen molar-refractivity contribution in [2.75, 3.05) is 6.26 Å². The largest absolute Gasteiger partial charge is 0.323 e. The summed E-state index contributed by atoms with van der Waals surface area (Å²) in [4.78, 5) is 16.5. The smallest absolute Gasteiger partial charge is 0.306 e. The van der Waals surface area contributed by atoms with Crippen LogP contribution in [0.15, 0.2) is 21.4 Å². The van der Waals surface area contributed by atoms with Crippen molar-refractivity contribution < 1.29 is 8.42 Å². The van der Waals surface area contributed by atoms with Crippen LogP contribution in [0.25, 0.3) is 11.0 Å². The molecule has 8 heteroatoms. The van der Waals surface area contributed by atoms with E-state index in [2.05, 4.69) is 25.9 Å². The Morgan fingerprint density at radius 2 is 1.75 bits per heavy atom. The van der Waals surface area contributed by atoms with Crippen LogP contribution < -0.4 is 5.69 Å². The second-order valence-electron chi connectivity index (χ2n) is 5.24. The molecular weight excluding hydrogens is 368 g/mol. The van der Waals surface area contributed by atoms with Gasteiger partial charge in [0.25, 0.3) is 0 Å². The van der Waals surface area contributed by atoms with Crippen molar-refractivity contribution in [2.24, 2.45) is 0 Å². The van der Waals surface area contributed by atoms with Crippen LogP contribution in [0.3, 0.4) is 0 Å². The van der Waals surface area contributed by atoms with Crippen molar-refractivity contribution in [1.29, 1.82) is 0 Å². The van der Waals surface area contributed by atoms with Gasteiger partial charge in [0.1, 0.15) is 0 Å². The van der Waals surface area contributed by atoms with E-state index in [4.69, 9.17) is 11.6 Å².